The SMILES string of the molecule is O=C(O)c1ccc(CBr)cc1.[NaH]. The van der Waals surface area contributed by atoms with E-state index in [1.54, 1.807) is 24.3 Å². The molecule has 0 amide bonds. The van der Waals surface area contributed by atoms with Gasteiger partial charge in [0.1, 0.15) is 0 Å². The third-order valence-corrected chi connectivity index (χ3v) is 2.00. The van der Waals surface area contributed by atoms with Crippen LogP contribution in [0.15, 0.2) is 24.3 Å². The molecule has 0 aromatic heterocycles. The van der Waals surface area contributed by atoms with E-state index in [0.29, 0.717) is 5.56 Å². The minimum absolute atomic E-state index is 0. The van der Waals surface area contributed by atoms with Gasteiger partial charge in [0.05, 0.1) is 5.56 Å². The van der Waals surface area contributed by atoms with Crippen LogP contribution in [0, 0.1) is 0 Å². The summed E-state index contributed by atoms with van der Waals surface area (Å²) in [6.07, 6.45) is 0. The van der Waals surface area contributed by atoms with Gasteiger partial charge in [0.2, 0.25) is 0 Å². The number of hydrogen-bond donors (Lipinski definition) is 1. The number of benzene rings is 1. The van der Waals surface area contributed by atoms with Crippen LogP contribution in [0.25, 0.3) is 0 Å². The van der Waals surface area contributed by atoms with E-state index in [1.807, 2.05) is 0 Å². The van der Waals surface area contributed by atoms with Crippen molar-refractivity contribution in [2.24, 2.45) is 0 Å². The van der Waals surface area contributed by atoms with E-state index >= 15 is 0 Å². The first-order chi connectivity index (χ1) is 5.24. The third-order valence-electron chi connectivity index (χ3n) is 1.36. The fraction of sp³-hybridized carbons (Fsp3) is 0.125. The Bertz CT molecular complexity index is 258. The topological polar surface area (TPSA) is 37.3 Å². The van der Waals surface area contributed by atoms with E-state index in [-0.39, 0.29) is 29.6 Å². The van der Waals surface area contributed by atoms with Gasteiger partial charge in [0, 0.05) is 5.33 Å². The van der Waals surface area contributed by atoms with Gasteiger partial charge in [-0.1, -0.05) is 28.1 Å². The Balaban J connectivity index is 0.00000121. The molecule has 0 aliphatic heterocycles. The van der Waals surface area contributed by atoms with Crippen LogP contribution in [-0.2, 0) is 5.33 Å². The molecular weight excluding hydrogens is 231 g/mol. The molecule has 1 aromatic rings. The molecule has 4 heteroatoms. The van der Waals surface area contributed by atoms with Gasteiger partial charge in [-0.2, -0.15) is 0 Å². The number of carboxylic acid groups (broad SMARTS) is 1. The van der Waals surface area contributed by atoms with Crippen molar-refractivity contribution in [3.05, 3.63) is 35.4 Å². The van der Waals surface area contributed by atoms with Crippen LogP contribution in [-0.4, -0.2) is 40.6 Å². The molecule has 12 heavy (non-hydrogen) atoms. The summed E-state index contributed by atoms with van der Waals surface area (Å²) in [5, 5.41) is 9.29. The summed E-state index contributed by atoms with van der Waals surface area (Å²) in [6.45, 7) is 0. The second-order valence-corrected chi connectivity index (χ2v) is 2.70. The molecule has 0 aliphatic carbocycles. The molecule has 1 aromatic carbocycles. The molecule has 0 unspecified atom stereocenters. The van der Waals surface area contributed by atoms with Gasteiger partial charge in [-0.15, -0.1) is 0 Å². The van der Waals surface area contributed by atoms with Crippen molar-refractivity contribution >= 4 is 51.5 Å². The van der Waals surface area contributed by atoms with E-state index in [2.05, 4.69) is 15.9 Å². The summed E-state index contributed by atoms with van der Waals surface area (Å²) in [5.74, 6) is -0.883. The Morgan fingerprint density at radius 1 is 1.33 bits per heavy atom. The van der Waals surface area contributed by atoms with Crippen LogP contribution in [0.5, 0.6) is 0 Å². The second kappa shape index (κ2) is 5.75. The first-order valence-electron chi connectivity index (χ1n) is 3.12. The molecular formula is C8H8BrNaO2. The van der Waals surface area contributed by atoms with Crippen LogP contribution < -0.4 is 0 Å². The van der Waals surface area contributed by atoms with Crippen LogP contribution in [0.4, 0.5) is 0 Å². The average molecular weight is 239 g/mol. The zero-order chi connectivity index (χ0) is 8.27. The molecule has 0 saturated carbocycles. The molecule has 0 spiro atoms. The first kappa shape index (κ1) is 12.2. The van der Waals surface area contributed by atoms with Gasteiger partial charge in [-0.3, -0.25) is 0 Å². The molecule has 0 atom stereocenters. The van der Waals surface area contributed by atoms with Crippen LogP contribution in [0.1, 0.15) is 15.9 Å². The van der Waals surface area contributed by atoms with E-state index in [9.17, 15) is 4.79 Å². The second-order valence-electron chi connectivity index (χ2n) is 2.14. The number of halogens is 1. The standard InChI is InChI=1S/C8H7BrO2.Na.H/c9-5-6-1-3-7(4-2-6)8(10)11;;/h1-4H,5H2,(H,10,11);;. The predicted octanol–water partition coefficient (Wildman–Crippen LogP) is 1.63. The maximum atomic E-state index is 10.4. The molecule has 0 fully saturated rings. The Morgan fingerprint density at radius 3 is 2.17 bits per heavy atom. The van der Waals surface area contributed by atoms with E-state index in [0.717, 1.165) is 10.9 Å². The van der Waals surface area contributed by atoms with Crippen molar-refractivity contribution in [3.63, 3.8) is 0 Å². The third kappa shape index (κ3) is 3.27. The van der Waals surface area contributed by atoms with Gasteiger partial charge in [0.15, 0.2) is 0 Å². The Morgan fingerprint density at radius 2 is 1.83 bits per heavy atom. The summed E-state index contributed by atoms with van der Waals surface area (Å²) < 4.78 is 0. The van der Waals surface area contributed by atoms with Gasteiger partial charge in [-0.05, 0) is 17.7 Å². The molecule has 0 aliphatic rings. The summed E-state index contributed by atoms with van der Waals surface area (Å²) in [5.41, 5.74) is 1.41. The number of hydrogen-bond acceptors (Lipinski definition) is 1. The summed E-state index contributed by atoms with van der Waals surface area (Å²) in [4.78, 5) is 10.4. The number of carboxylic acids is 1. The van der Waals surface area contributed by atoms with Crippen molar-refractivity contribution in [2.45, 2.75) is 5.33 Å². The average Bonchev–Trinajstić information content (AvgIpc) is 2.05. The molecule has 2 nitrogen and oxygen atoms in total. The van der Waals surface area contributed by atoms with E-state index < -0.39 is 5.97 Å². The maximum absolute atomic E-state index is 10.4. The van der Waals surface area contributed by atoms with Crippen molar-refractivity contribution in [3.8, 4) is 0 Å². The molecule has 0 saturated heterocycles. The van der Waals surface area contributed by atoms with Gasteiger partial charge in [-0.25, -0.2) is 4.79 Å². The molecule has 0 heterocycles. The number of alkyl halides is 1. The van der Waals surface area contributed by atoms with E-state index in [1.165, 1.54) is 0 Å². The predicted molar refractivity (Wildman–Crippen MR) is 53.2 cm³/mol. The van der Waals surface area contributed by atoms with Crippen LogP contribution in [0.2, 0.25) is 0 Å². The van der Waals surface area contributed by atoms with Gasteiger partial charge in [0.25, 0.3) is 0 Å². The van der Waals surface area contributed by atoms with Crippen molar-refractivity contribution < 1.29 is 9.90 Å². The summed E-state index contributed by atoms with van der Waals surface area (Å²) in [6, 6.07) is 6.77. The zero-order valence-corrected chi connectivity index (χ0v) is 7.34. The Hall–Kier alpha value is 0.170. The van der Waals surface area contributed by atoms with Gasteiger partial charge >= 0.3 is 35.5 Å². The fourth-order valence-corrected chi connectivity index (χ4v) is 1.11. The monoisotopic (exact) mass is 238 g/mol. The Kier molecular flexibility index (Phi) is 5.84. The van der Waals surface area contributed by atoms with Crippen LogP contribution >= 0.6 is 15.9 Å². The van der Waals surface area contributed by atoms with E-state index in [4.69, 9.17) is 5.11 Å². The quantitative estimate of drug-likeness (QED) is 0.629. The minimum atomic E-state index is -0.883. The molecule has 0 radical (unpaired) electrons. The number of aromatic carboxylic acids is 1. The molecule has 1 rings (SSSR count). The van der Waals surface area contributed by atoms with Crippen molar-refractivity contribution in [1.29, 1.82) is 0 Å². The first-order valence-corrected chi connectivity index (χ1v) is 4.24. The Labute approximate surface area is 101 Å². The molecule has 0 bridgehead atoms. The number of carbonyl (C=O) groups is 1. The van der Waals surface area contributed by atoms with Crippen molar-refractivity contribution in [1.82, 2.24) is 0 Å². The van der Waals surface area contributed by atoms with Gasteiger partial charge < -0.3 is 5.11 Å². The number of rotatable bonds is 2. The molecule has 1 N–H and O–H groups in total. The zero-order valence-electron chi connectivity index (χ0n) is 5.75. The normalized spacial score (nSPS) is 8.75. The summed E-state index contributed by atoms with van der Waals surface area (Å²) in [7, 11) is 0. The molecule has 60 valence electrons. The fourth-order valence-electron chi connectivity index (χ4n) is 0.736. The van der Waals surface area contributed by atoms with Crippen molar-refractivity contribution in [2.75, 3.05) is 0 Å². The van der Waals surface area contributed by atoms with Crippen LogP contribution in [0.3, 0.4) is 0 Å². The summed E-state index contributed by atoms with van der Waals surface area (Å²) >= 11 is 3.27.